The highest BCUT2D eigenvalue weighted by Gasteiger charge is 2.10. The fourth-order valence-electron chi connectivity index (χ4n) is 1.61. The van der Waals surface area contributed by atoms with Crippen LogP contribution in [0.5, 0.6) is 0 Å². The van der Waals surface area contributed by atoms with Crippen molar-refractivity contribution < 1.29 is 4.39 Å². The van der Waals surface area contributed by atoms with Gasteiger partial charge < -0.3 is 0 Å². The lowest BCUT2D eigenvalue weighted by Gasteiger charge is -2.10. The Labute approximate surface area is 111 Å². The summed E-state index contributed by atoms with van der Waals surface area (Å²) in [6, 6.07) is 14.5. The van der Waals surface area contributed by atoms with Crippen molar-refractivity contribution in [2.75, 3.05) is 0 Å². The lowest BCUT2D eigenvalue weighted by Crippen LogP contribution is -1.88. The third-order valence-electron chi connectivity index (χ3n) is 2.33. The lowest BCUT2D eigenvalue weighted by atomic mass is 10.0. The fraction of sp³-hybridized carbons (Fsp3) is 0.0769. The lowest BCUT2D eigenvalue weighted by molar-refractivity contribution is 0.628. The van der Waals surface area contributed by atoms with Crippen molar-refractivity contribution in [2.24, 2.45) is 0 Å². The average molecular weight is 344 g/mol. The van der Waals surface area contributed by atoms with Gasteiger partial charge in [0, 0.05) is 0 Å². The van der Waals surface area contributed by atoms with Crippen molar-refractivity contribution in [1.29, 1.82) is 0 Å². The van der Waals surface area contributed by atoms with Gasteiger partial charge in [-0.25, -0.2) is 4.39 Å². The molecule has 2 aromatic rings. The molecule has 16 heavy (non-hydrogen) atoms. The van der Waals surface area contributed by atoms with E-state index in [0.717, 1.165) is 16.7 Å². The molecule has 0 spiro atoms. The summed E-state index contributed by atoms with van der Waals surface area (Å²) in [7, 11) is 0. The molecule has 0 heterocycles. The standard InChI is InChI=1S/C13H9Br2F/c14-13(15)12-7-2-1-6-11(12)9-4-3-5-10(16)8-9/h1-8,13H. The summed E-state index contributed by atoms with van der Waals surface area (Å²) in [5.74, 6) is -0.215. The molecule has 0 N–H and O–H groups in total. The molecule has 0 saturated carbocycles. The summed E-state index contributed by atoms with van der Waals surface area (Å²) >= 11 is 6.94. The van der Waals surface area contributed by atoms with Crippen molar-refractivity contribution in [2.45, 2.75) is 3.74 Å². The molecule has 0 nitrogen and oxygen atoms in total. The molecule has 0 radical (unpaired) electrons. The Balaban J connectivity index is 2.55. The molecule has 0 atom stereocenters. The van der Waals surface area contributed by atoms with Crippen LogP contribution in [0.25, 0.3) is 11.1 Å². The monoisotopic (exact) mass is 342 g/mol. The molecule has 0 aliphatic carbocycles. The summed E-state index contributed by atoms with van der Waals surface area (Å²) in [6.45, 7) is 0. The van der Waals surface area contributed by atoms with E-state index in [1.807, 2.05) is 30.3 Å². The van der Waals surface area contributed by atoms with Gasteiger partial charge in [-0.3, -0.25) is 0 Å². The number of hydrogen-bond acceptors (Lipinski definition) is 0. The van der Waals surface area contributed by atoms with Gasteiger partial charge in [-0.15, -0.1) is 0 Å². The molecule has 2 rings (SSSR count). The summed E-state index contributed by atoms with van der Waals surface area (Å²) in [5.41, 5.74) is 3.01. The predicted octanol–water partition coefficient (Wildman–Crippen LogP) is 5.28. The Kier molecular flexibility index (Phi) is 3.77. The van der Waals surface area contributed by atoms with Gasteiger partial charge in [-0.1, -0.05) is 68.3 Å². The SMILES string of the molecule is Fc1cccc(-c2ccccc2C(Br)Br)c1. The Bertz CT molecular complexity index is 495. The second-order valence-electron chi connectivity index (χ2n) is 3.40. The summed E-state index contributed by atoms with van der Waals surface area (Å²) in [6.07, 6.45) is 0. The van der Waals surface area contributed by atoms with Gasteiger partial charge in [-0.05, 0) is 28.8 Å². The number of hydrogen-bond donors (Lipinski definition) is 0. The van der Waals surface area contributed by atoms with E-state index in [9.17, 15) is 4.39 Å². The van der Waals surface area contributed by atoms with E-state index in [0.29, 0.717) is 0 Å². The number of halogens is 3. The van der Waals surface area contributed by atoms with Crippen molar-refractivity contribution >= 4 is 31.9 Å². The van der Waals surface area contributed by atoms with Gasteiger partial charge >= 0.3 is 0 Å². The summed E-state index contributed by atoms with van der Waals surface area (Å²) < 4.78 is 13.2. The maximum atomic E-state index is 13.2. The van der Waals surface area contributed by atoms with Crippen LogP contribution in [0.4, 0.5) is 4.39 Å². The molecular weight excluding hydrogens is 335 g/mol. The predicted molar refractivity (Wildman–Crippen MR) is 72.4 cm³/mol. The largest absolute Gasteiger partial charge is 0.207 e. The highest BCUT2D eigenvalue weighted by Crippen LogP contribution is 2.36. The minimum atomic E-state index is -0.215. The summed E-state index contributed by atoms with van der Waals surface area (Å²) in [5, 5.41) is 0. The first-order chi connectivity index (χ1) is 7.68. The Morgan fingerprint density at radius 1 is 0.938 bits per heavy atom. The fourth-order valence-corrected chi connectivity index (χ4v) is 2.40. The van der Waals surface area contributed by atoms with E-state index >= 15 is 0 Å². The molecule has 0 unspecified atom stereocenters. The zero-order chi connectivity index (χ0) is 11.5. The highest BCUT2D eigenvalue weighted by molar-refractivity contribution is 9.24. The minimum absolute atomic E-state index is 0.0690. The second-order valence-corrected chi connectivity index (χ2v) is 6.46. The number of rotatable bonds is 2. The van der Waals surface area contributed by atoms with E-state index in [1.165, 1.54) is 6.07 Å². The van der Waals surface area contributed by atoms with Crippen LogP contribution in [0, 0.1) is 5.82 Å². The topological polar surface area (TPSA) is 0 Å². The second kappa shape index (κ2) is 5.11. The van der Waals surface area contributed by atoms with Crippen LogP contribution in [-0.2, 0) is 0 Å². The highest BCUT2D eigenvalue weighted by atomic mass is 79.9. The number of benzene rings is 2. The molecule has 0 aliphatic rings. The van der Waals surface area contributed by atoms with Gasteiger partial charge in [-0.2, -0.15) is 0 Å². The smallest absolute Gasteiger partial charge is 0.123 e. The van der Waals surface area contributed by atoms with E-state index < -0.39 is 0 Å². The Morgan fingerprint density at radius 3 is 2.38 bits per heavy atom. The molecule has 0 aliphatic heterocycles. The van der Waals surface area contributed by atoms with Gasteiger partial charge in [0.1, 0.15) is 5.82 Å². The Morgan fingerprint density at radius 2 is 1.69 bits per heavy atom. The van der Waals surface area contributed by atoms with Gasteiger partial charge in [0.2, 0.25) is 0 Å². The molecule has 0 amide bonds. The molecular formula is C13H9Br2F. The normalized spacial score (nSPS) is 10.8. The minimum Gasteiger partial charge on any atom is -0.207 e. The van der Waals surface area contributed by atoms with Gasteiger partial charge in [0.15, 0.2) is 0 Å². The van der Waals surface area contributed by atoms with Crippen LogP contribution in [0.3, 0.4) is 0 Å². The van der Waals surface area contributed by atoms with Crippen molar-refractivity contribution in [3.63, 3.8) is 0 Å². The maximum absolute atomic E-state index is 13.2. The zero-order valence-electron chi connectivity index (χ0n) is 8.33. The molecule has 0 saturated heterocycles. The third kappa shape index (κ3) is 2.53. The molecule has 0 bridgehead atoms. The van der Waals surface area contributed by atoms with Crippen LogP contribution in [0.2, 0.25) is 0 Å². The van der Waals surface area contributed by atoms with Crippen molar-refractivity contribution in [1.82, 2.24) is 0 Å². The van der Waals surface area contributed by atoms with E-state index in [1.54, 1.807) is 12.1 Å². The quantitative estimate of drug-likeness (QED) is 0.650. The third-order valence-corrected chi connectivity index (χ3v) is 3.32. The molecule has 2 aromatic carbocycles. The Hall–Kier alpha value is -0.670. The zero-order valence-corrected chi connectivity index (χ0v) is 11.5. The van der Waals surface area contributed by atoms with Gasteiger partial charge in [0.05, 0.1) is 3.74 Å². The molecule has 82 valence electrons. The van der Waals surface area contributed by atoms with E-state index in [4.69, 9.17) is 0 Å². The van der Waals surface area contributed by atoms with Crippen molar-refractivity contribution in [3.8, 4) is 11.1 Å². The van der Waals surface area contributed by atoms with Crippen molar-refractivity contribution in [3.05, 3.63) is 59.9 Å². The first-order valence-corrected chi connectivity index (χ1v) is 6.64. The summed E-state index contributed by atoms with van der Waals surface area (Å²) in [4.78, 5) is 0. The van der Waals surface area contributed by atoms with E-state index in [2.05, 4.69) is 31.9 Å². The molecule has 0 aromatic heterocycles. The van der Waals surface area contributed by atoms with Gasteiger partial charge in [0.25, 0.3) is 0 Å². The molecule has 0 fully saturated rings. The molecule has 3 heteroatoms. The van der Waals surface area contributed by atoms with Crippen LogP contribution in [-0.4, -0.2) is 0 Å². The first kappa shape index (κ1) is 11.8. The van der Waals surface area contributed by atoms with E-state index in [-0.39, 0.29) is 9.55 Å². The number of alkyl halides is 2. The maximum Gasteiger partial charge on any atom is 0.123 e. The van der Waals surface area contributed by atoms with Crippen LogP contribution in [0.1, 0.15) is 9.30 Å². The first-order valence-electron chi connectivity index (χ1n) is 4.81. The van der Waals surface area contributed by atoms with Crippen LogP contribution in [0.15, 0.2) is 48.5 Å². The van der Waals surface area contributed by atoms with Crippen LogP contribution >= 0.6 is 31.9 Å². The average Bonchev–Trinajstić information content (AvgIpc) is 2.29. The van der Waals surface area contributed by atoms with Crippen LogP contribution < -0.4 is 0 Å².